The number of fused-ring (bicyclic) bond motifs is 1. The van der Waals surface area contributed by atoms with E-state index < -0.39 is 0 Å². The number of aryl methyl sites for hydroxylation is 1. The SMILES string of the molecule is CC(C)(C)SCC(=O)NC1CCCc2occc21. The van der Waals surface area contributed by atoms with E-state index in [1.165, 1.54) is 0 Å². The van der Waals surface area contributed by atoms with Crippen LogP contribution in [0.2, 0.25) is 0 Å². The predicted molar refractivity (Wildman–Crippen MR) is 74.7 cm³/mol. The molecule has 1 N–H and O–H groups in total. The maximum atomic E-state index is 11.9. The highest BCUT2D eigenvalue weighted by molar-refractivity contribution is 8.01. The van der Waals surface area contributed by atoms with E-state index in [9.17, 15) is 4.79 Å². The van der Waals surface area contributed by atoms with Crippen molar-refractivity contribution in [1.29, 1.82) is 0 Å². The number of thioether (sulfide) groups is 1. The van der Waals surface area contributed by atoms with Gasteiger partial charge in [0.2, 0.25) is 5.91 Å². The first kappa shape index (κ1) is 13.5. The maximum absolute atomic E-state index is 11.9. The normalized spacial score (nSPS) is 19.4. The van der Waals surface area contributed by atoms with Crippen molar-refractivity contribution in [1.82, 2.24) is 5.32 Å². The Morgan fingerprint density at radius 3 is 3.06 bits per heavy atom. The first-order valence-electron chi connectivity index (χ1n) is 6.45. The zero-order valence-corrected chi connectivity index (χ0v) is 12.1. The summed E-state index contributed by atoms with van der Waals surface area (Å²) in [5, 5.41) is 3.11. The van der Waals surface area contributed by atoms with Crippen LogP contribution in [0.25, 0.3) is 0 Å². The molecule has 1 aromatic heterocycles. The second kappa shape index (κ2) is 5.39. The van der Waals surface area contributed by atoms with Crippen LogP contribution in [0.3, 0.4) is 0 Å². The summed E-state index contributed by atoms with van der Waals surface area (Å²) in [6.07, 6.45) is 4.81. The fraction of sp³-hybridized carbons (Fsp3) is 0.643. The highest BCUT2D eigenvalue weighted by Crippen LogP contribution is 2.30. The average Bonchev–Trinajstić information content (AvgIpc) is 2.74. The van der Waals surface area contributed by atoms with Gasteiger partial charge in [-0.3, -0.25) is 4.79 Å². The Kier molecular flexibility index (Phi) is 4.05. The molecule has 0 saturated heterocycles. The molecule has 0 fully saturated rings. The molecular formula is C14H21NO2S. The average molecular weight is 267 g/mol. The number of amides is 1. The summed E-state index contributed by atoms with van der Waals surface area (Å²) in [7, 11) is 0. The molecule has 1 aliphatic carbocycles. The standard InChI is InChI=1S/C14H21NO2S/c1-14(2,3)18-9-13(16)15-11-5-4-6-12-10(11)7-8-17-12/h7-8,11H,4-6,9H2,1-3H3,(H,15,16). The first-order chi connectivity index (χ1) is 8.46. The Labute approximate surface area is 113 Å². The van der Waals surface area contributed by atoms with E-state index >= 15 is 0 Å². The van der Waals surface area contributed by atoms with Gasteiger partial charge in [0.15, 0.2) is 0 Å². The summed E-state index contributed by atoms with van der Waals surface area (Å²) >= 11 is 1.68. The highest BCUT2D eigenvalue weighted by Gasteiger charge is 2.24. The summed E-state index contributed by atoms with van der Waals surface area (Å²) in [5.74, 6) is 1.68. The summed E-state index contributed by atoms with van der Waals surface area (Å²) in [5.41, 5.74) is 1.16. The molecule has 0 bridgehead atoms. The lowest BCUT2D eigenvalue weighted by molar-refractivity contribution is -0.119. The minimum absolute atomic E-state index is 0.119. The monoisotopic (exact) mass is 267 g/mol. The summed E-state index contributed by atoms with van der Waals surface area (Å²) in [6.45, 7) is 6.37. The van der Waals surface area contributed by atoms with Crippen LogP contribution < -0.4 is 5.32 Å². The van der Waals surface area contributed by atoms with Crippen LogP contribution in [-0.4, -0.2) is 16.4 Å². The molecule has 18 heavy (non-hydrogen) atoms. The Hall–Kier alpha value is -0.900. The molecule has 3 nitrogen and oxygen atoms in total. The predicted octanol–water partition coefficient (Wildman–Crippen LogP) is 3.30. The van der Waals surface area contributed by atoms with Gasteiger partial charge in [-0.05, 0) is 18.9 Å². The van der Waals surface area contributed by atoms with Gasteiger partial charge in [0.25, 0.3) is 0 Å². The van der Waals surface area contributed by atoms with Gasteiger partial charge >= 0.3 is 0 Å². The van der Waals surface area contributed by atoms with Gasteiger partial charge in [0.05, 0.1) is 18.1 Å². The van der Waals surface area contributed by atoms with Gasteiger partial charge in [0, 0.05) is 16.7 Å². The lowest BCUT2D eigenvalue weighted by Crippen LogP contribution is -2.32. The minimum atomic E-state index is 0.119. The number of furan rings is 1. The molecule has 0 saturated carbocycles. The summed E-state index contributed by atoms with van der Waals surface area (Å²) < 4.78 is 5.56. The van der Waals surface area contributed by atoms with E-state index in [2.05, 4.69) is 26.1 Å². The topological polar surface area (TPSA) is 42.2 Å². The molecule has 100 valence electrons. The molecule has 1 atom stereocenters. The van der Waals surface area contributed by atoms with Gasteiger partial charge in [-0.25, -0.2) is 0 Å². The van der Waals surface area contributed by atoms with Crippen molar-refractivity contribution >= 4 is 17.7 Å². The van der Waals surface area contributed by atoms with Crippen LogP contribution >= 0.6 is 11.8 Å². The maximum Gasteiger partial charge on any atom is 0.230 e. The molecule has 1 amide bonds. The summed E-state index contributed by atoms with van der Waals surface area (Å²) in [4.78, 5) is 11.9. The third-order valence-corrected chi connectivity index (χ3v) is 4.30. The second-order valence-electron chi connectivity index (χ2n) is 5.71. The number of hydrogen-bond acceptors (Lipinski definition) is 3. The molecule has 0 aromatic carbocycles. The van der Waals surface area contributed by atoms with Crippen LogP contribution in [0, 0.1) is 0 Å². The largest absolute Gasteiger partial charge is 0.469 e. The van der Waals surface area contributed by atoms with E-state index in [1.807, 2.05) is 6.07 Å². The highest BCUT2D eigenvalue weighted by atomic mass is 32.2. The summed E-state index contributed by atoms with van der Waals surface area (Å²) in [6, 6.07) is 2.12. The lowest BCUT2D eigenvalue weighted by atomic mass is 9.93. The van der Waals surface area contributed by atoms with Crippen LogP contribution in [0.1, 0.15) is 51.0 Å². The fourth-order valence-electron chi connectivity index (χ4n) is 2.15. The zero-order valence-electron chi connectivity index (χ0n) is 11.3. The fourth-order valence-corrected chi connectivity index (χ4v) is 2.80. The van der Waals surface area contributed by atoms with E-state index in [4.69, 9.17) is 4.42 Å². The zero-order chi connectivity index (χ0) is 13.2. The van der Waals surface area contributed by atoms with Crippen molar-refractivity contribution in [3.63, 3.8) is 0 Å². The minimum Gasteiger partial charge on any atom is -0.469 e. The quantitative estimate of drug-likeness (QED) is 0.913. The van der Waals surface area contributed by atoms with Crippen molar-refractivity contribution < 1.29 is 9.21 Å². The van der Waals surface area contributed by atoms with Crippen LogP contribution in [-0.2, 0) is 11.2 Å². The Bertz CT molecular complexity index is 420. The molecule has 1 heterocycles. The molecular weight excluding hydrogens is 246 g/mol. The first-order valence-corrected chi connectivity index (χ1v) is 7.44. The van der Waals surface area contributed by atoms with Crippen molar-refractivity contribution in [3.05, 3.63) is 23.7 Å². The number of carbonyl (C=O) groups is 1. The van der Waals surface area contributed by atoms with Gasteiger partial charge < -0.3 is 9.73 Å². The van der Waals surface area contributed by atoms with Crippen molar-refractivity contribution in [2.75, 3.05) is 5.75 Å². The van der Waals surface area contributed by atoms with Gasteiger partial charge in [0.1, 0.15) is 5.76 Å². The molecule has 0 radical (unpaired) electrons. The van der Waals surface area contributed by atoms with E-state index in [1.54, 1.807) is 18.0 Å². The number of rotatable bonds is 3. The third kappa shape index (κ3) is 3.55. The number of hydrogen-bond donors (Lipinski definition) is 1. The van der Waals surface area contributed by atoms with Crippen molar-refractivity contribution in [2.45, 2.75) is 50.8 Å². The van der Waals surface area contributed by atoms with E-state index in [0.717, 1.165) is 30.6 Å². The van der Waals surface area contributed by atoms with E-state index in [0.29, 0.717) is 5.75 Å². The van der Waals surface area contributed by atoms with Gasteiger partial charge in [-0.15, -0.1) is 11.8 Å². The molecule has 2 rings (SSSR count). The Morgan fingerprint density at radius 2 is 2.33 bits per heavy atom. The van der Waals surface area contributed by atoms with Crippen LogP contribution in [0.5, 0.6) is 0 Å². The van der Waals surface area contributed by atoms with Crippen LogP contribution in [0.4, 0.5) is 0 Å². The molecule has 4 heteroatoms. The van der Waals surface area contributed by atoms with Crippen molar-refractivity contribution in [3.8, 4) is 0 Å². The lowest BCUT2D eigenvalue weighted by Gasteiger charge is -2.24. The molecule has 0 spiro atoms. The van der Waals surface area contributed by atoms with Gasteiger partial charge in [-0.1, -0.05) is 20.8 Å². The smallest absolute Gasteiger partial charge is 0.230 e. The van der Waals surface area contributed by atoms with E-state index in [-0.39, 0.29) is 16.7 Å². The molecule has 1 aliphatic rings. The number of carbonyl (C=O) groups excluding carboxylic acids is 1. The van der Waals surface area contributed by atoms with Crippen LogP contribution in [0.15, 0.2) is 16.7 Å². The molecule has 0 aliphatic heterocycles. The number of nitrogens with one attached hydrogen (secondary N) is 1. The molecule has 1 unspecified atom stereocenters. The molecule has 1 aromatic rings. The Morgan fingerprint density at radius 1 is 1.56 bits per heavy atom. The Balaban J connectivity index is 1.90. The third-order valence-electron chi connectivity index (χ3n) is 3.02. The van der Waals surface area contributed by atoms with Crippen molar-refractivity contribution in [2.24, 2.45) is 0 Å². The van der Waals surface area contributed by atoms with Gasteiger partial charge in [-0.2, -0.15) is 0 Å². The second-order valence-corrected chi connectivity index (χ2v) is 7.51.